The molecule has 0 fully saturated rings. The van der Waals surface area contributed by atoms with E-state index in [1.165, 1.54) is 0 Å². The standard InChI is InChI=1S/C65H42N8O/c74-61(43-37-45(62-66-53-29-13-17-33-57(53)70(62)49-21-5-1-6-22-49)41-46(38-43)63-67-54-30-14-18-34-58(54)71(63)50-23-7-2-8-24-50)44-39-47(64-68-55-31-15-19-35-59(55)72(64)51-25-9-3-10-26-51)42-48(40-44)65-69-56-32-16-20-36-60(56)73(65)52-27-11-4-12-28-52/h1-42H. The van der Waals surface area contributed by atoms with Gasteiger partial charge in [0.25, 0.3) is 0 Å². The summed E-state index contributed by atoms with van der Waals surface area (Å²) in [4.78, 5) is 37.5. The Balaban J connectivity index is 1.05. The molecule has 0 saturated heterocycles. The van der Waals surface area contributed by atoms with Crippen LogP contribution in [-0.2, 0) is 0 Å². The van der Waals surface area contributed by atoms with Gasteiger partial charge in [0.1, 0.15) is 23.3 Å². The molecule has 74 heavy (non-hydrogen) atoms. The molecule has 0 saturated carbocycles. The number of ketones is 1. The van der Waals surface area contributed by atoms with Crippen molar-refractivity contribution >= 4 is 49.9 Å². The summed E-state index contributed by atoms with van der Waals surface area (Å²) in [6.45, 7) is 0. The molecular formula is C65H42N8O. The number of hydrogen-bond donors (Lipinski definition) is 0. The van der Waals surface area contributed by atoms with Crippen LogP contribution in [0, 0.1) is 0 Å². The van der Waals surface area contributed by atoms with Crippen LogP contribution in [-0.4, -0.2) is 44.0 Å². The van der Waals surface area contributed by atoms with Crippen LogP contribution < -0.4 is 0 Å². The Labute approximate surface area is 425 Å². The summed E-state index contributed by atoms with van der Waals surface area (Å²) in [5, 5.41) is 0. The second-order valence-electron chi connectivity index (χ2n) is 18.3. The van der Waals surface area contributed by atoms with Crippen molar-refractivity contribution in [2.24, 2.45) is 0 Å². The molecular weight excluding hydrogens is 909 g/mol. The van der Waals surface area contributed by atoms with E-state index in [-0.39, 0.29) is 5.78 Å². The largest absolute Gasteiger partial charge is 0.292 e. The molecule has 10 aromatic carbocycles. The lowest BCUT2D eigenvalue weighted by Gasteiger charge is -2.16. The fraction of sp³-hybridized carbons (Fsp3) is 0. The third-order valence-corrected chi connectivity index (χ3v) is 13.7. The molecule has 0 unspecified atom stereocenters. The minimum Gasteiger partial charge on any atom is -0.292 e. The monoisotopic (exact) mass is 950 g/mol. The van der Waals surface area contributed by atoms with E-state index in [1.54, 1.807) is 0 Å². The van der Waals surface area contributed by atoms with Gasteiger partial charge in [0, 0.05) is 56.1 Å². The third-order valence-electron chi connectivity index (χ3n) is 13.7. The van der Waals surface area contributed by atoms with Gasteiger partial charge in [-0.3, -0.25) is 23.1 Å². The number of fused-ring (bicyclic) bond motifs is 4. The number of imidazole rings is 4. The molecule has 0 atom stereocenters. The normalized spacial score (nSPS) is 11.6. The first-order valence-corrected chi connectivity index (χ1v) is 24.6. The third kappa shape index (κ3) is 7.21. The number of benzene rings is 10. The maximum absolute atomic E-state index is 16.2. The lowest BCUT2D eigenvalue weighted by Crippen LogP contribution is -2.07. The molecule has 0 bridgehead atoms. The van der Waals surface area contributed by atoms with Crippen LogP contribution in [0.2, 0.25) is 0 Å². The zero-order valence-electron chi connectivity index (χ0n) is 39.7. The fourth-order valence-corrected chi connectivity index (χ4v) is 10.4. The summed E-state index contributed by atoms with van der Waals surface area (Å²) >= 11 is 0. The van der Waals surface area contributed by atoms with Crippen molar-refractivity contribution in [3.63, 3.8) is 0 Å². The first-order valence-electron chi connectivity index (χ1n) is 24.6. The van der Waals surface area contributed by atoms with E-state index in [9.17, 15) is 0 Å². The van der Waals surface area contributed by atoms with Gasteiger partial charge in [-0.15, -0.1) is 0 Å². The molecule has 0 radical (unpaired) electrons. The predicted molar refractivity (Wildman–Crippen MR) is 297 cm³/mol. The number of aromatic nitrogens is 8. The second kappa shape index (κ2) is 17.6. The van der Waals surface area contributed by atoms with E-state index in [1.807, 2.05) is 170 Å². The van der Waals surface area contributed by atoms with Crippen molar-refractivity contribution in [1.82, 2.24) is 38.2 Å². The van der Waals surface area contributed by atoms with Crippen LogP contribution in [0.15, 0.2) is 255 Å². The lowest BCUT2D eigenvalue weighted by molar-refractivity contribution is 0.103. The van der Waals surface area contributed by atoms with E-state index < -0.39 is 0 Å². The van der Waals surface area contributed by atoms with Crippen LogP contribution in [0.4, 0.5) is 0 Å². The Hall–Kier alpha value is -10.3. The number of carbonyl (C=O) groups excluding carboxylic acids is 1. The fourth-order valence-electron chi connectivity index (χ4n) is 10.4. The Kier molecular flexibility index (Phi) is 10.1. The van der Waals surface area contributed by atoms with Crippen molar-refractivity contribution in [3.05, 3.63) is 266 Å². The molecule has 0 aliphatic rings. The number of carbonyl (C=O) groups is 1. The summed E-state index contributed by atoms with van der Waals surface area (Å²) in [5.74, 6) is 2.58. The van der Waals surface area contributed by atoms with Gasteiger partial charge in [0.05, 0.1) is 44.1 Å². The lowest BCUT2D eigenvalue weighted by atomic mass is 9.94. The zero-order chi connectivity index (χ0) is 49.1. The zero-order valence-corrected chi connectivity index (χ0v) is 39.7. The van der Waals surface area contributed by atoms with Crippen LogP contribution in [0.3, 0.4) is 0 Å². The van der Waals surface area contributed by atoms with Gasteiger partial charge in [0.15, 0.2) is 5.78 Å². The molecule has 9 nitrogen and oxygen atoms in total. The molecule has 4 heterocycles. The Bertz CT molecular complexity index is 3880. The van der Waals surface area contributed by atoms with E-state index in [0.717, 1.165) is 89.1 Å². The Morgan fingerprint density at radius 3 is 0.716 bits per heavy atom. The molecule has 14 aromatic rings. The molecule has 14 rings (SSSR count). The second-order valence-corrected chi connectivity index (χ2v) is 18.3. The van der Waals surface area contributed by atoms with Crippen LogP contribution in [0.5, 0.6) is 0 Å². The number of hydrogen-bond acceptors (Lipinski definition) is 5. The number of para-hydroxylation sites is 12. The summed E-state index contributed by atoms with van der Waals surface area (Å²) < 4.78 is 8.68. The highest BCUT2D eigenvalue weighted by Crippen LogP contribution is 2.39. The van der Waals surface area contributed by atoms with Gasteiger partial charge in [0.2, 0.25) is 0 Å². The summed E-state index contributed by atoms with van der Waals surface area (Å²) in [6.07, 6.45) is 0. The summed E-state index contributed by atoms with van der Waals surface area (Å²) in [6, 6.07) is 85.7. The van der Waals surface area contributed by atoms with Gasteiger partial charge in [-0.25, -0.2) is 19.9 Å². The van der Waals surface area contributed by atoms with Gasteiger partial charge >= 0.3 is 0 Å². The van der Waals surface area contributed by atoms with Gasteiger partial charge in [-0.05, 0) is 133 Å². The average molecular weight is 951 g/mol. The minimum atomic E-state index is -0.189. The maximum Gasteiger partial charge on any atom is 0.193 e. The van der Waals surface area contributed by atoms with Gasteiger partial charge in [-0.1, -0.05) is 121 Å². The van der Waals surface area contributed by atoms with Crippen molar-refractivity contribution in [2.45, 2.75) is 0 Å². The van der Waals surface area contributed by atoms with Crippen molar-refractivity contribution < 1.29 is 4.79 Å². The molecule has 0 amide bonds. The first kappa shape index (κ1) is 42.6. The smallest absolute Gasteiger partial charge is 0.193 e. The van der Waals surface area contributed by atoms with E-state index in [2.05, 4.69) is 103 Å². The number of rotatable bonds is 10. The molecule has 0 aliphatic heterocycles. The molecule has 4 aromatic heterocycles. The van der Waals surface area contributed by atoms with Crippen molar-refractivity contribution in [3.8, 4) is 68.3 Å². The highest BCUT2D eigenvalue weighted by molar-refractivity contribution is 6.11. The SMILES string of the molecule is O=C(c1cc(-c2nc3ccccc3n2-c2ccccc2)cc(-c2nc3ccccc3n2-c2ccccc2)c1)c1cc(-c2nc3ccccc3n2-c2ccccc2)cc(-c2nc3ccccc3n2-c2ccccc2)c1. The van der Waals surface area contributed by atoms with Crippen LogP contribution in [0.1, 0.15) is 15.9 Å². The maximum atomic E-state index is 16.2. The van der Waals surface area contributed by atoms with Crippen molar-refractivity contribution in [1.29, 1.82) is 0 Å². The van der Waals surface area contributed by atoms with Gasteiger partial charge in [-0.2, -0.15) is 0 Å². The quantitative estimate of drug-likeness (QED) is 0.127. The molecule has 0 N–H and O–H groups in total. The topological polar surface area (TPSA) is 88.3 Å². The minimum absolute atomic E-state index is 0.189. The van der Waals surface area contributed by atoms with E-state index in [0.29, 0.717) is 34.4 Å². The Morgan fingerprint density at radius 2 is 0.473 bits per heavy atom. The highest BCUT2D eigenvalue weighted by atomic mass is 16.1. The van der Waals surface area contributed by atoms with Crippen LogP contribution >= 0.6 is 0 Å². The van der Waals surface area contributed by atoms with E-state index >= 15 is 4.79 Å². The van der Waals surface area contributed by atoms with Gasteiger partial charge < -0.3 is 0 Å². The van der Waals surface area contributed by atoms with Crippen LogP contribution in [0.25, 0.3) is 112 Å². The highest BCUT2D eigenvalue weighted by Gasteiger charge is 2.25. The molecule has 9 heteroatoms. The predicted octanol–water partition coefficient (Wildman–Crippen LogP) is 14.9. The molecule has 0 spiro atoms. The summed E-state index contributed by atoms with van der Waals surface area (Å²) in [5.41, 5.74) is 14.9. The number of nitrogens with zero attached hydrogens (tertiary/aromatic N) is 8. The molecule has 348 valence electrons. The van der Waals surface area contributed by atoms with Crippen molar-refractivity contribution in [2.75, 3.05) is 0 Å². The molecule has 0 aliphatic carbocycles. The first-order chi connectivity index (χ1) is 36.6. The summed E-state index contributed by atoms with van der Waals surface area (Å²) in [7, 11) is 0. The Morgan fingerprint density at radius 1 is 0.257 bits per heavy atom. The average Bonchev–Trinajstić information content (AvgIpc) is 4.27. The van der Waals surface area contributed by atoms with E-state index in [4.69, 9.17) is 19.9 Å².